The number of azide groups is 1. The summed E-state index contributed by atoms with van der Waals surface area (Å²) >= 11 is 0. The van der Waals surface area contributed by atoms with Crippen LogP contribution in [-0.2, 0) is 9.53 Å². The lowest BCUT2D eigenvalue weighted by Gasteiger charge is -2.35. The maximum absolute atomic E-state index is 12.5. The molecule has 21 heavy (non-hydrogen) atoms. The Hall–Kier alpha value is -1.26. The van der Waals surface area contributed by atoms with E-state index in [0.29, 0.717) is 38.0 Å². The average molecular weight is 298 g/mol. The van der Waals surface area contributed by atoms with Crippen molar-refractivity contribution in [1.29, 1.82) is 0 Å². The molecule has 0 amide bonds. The van der Waals surface area contributed by atoms with Gasteiger partial charge in [-0.25, -0.2) is 0 Å². The van der Waals surface area contributed by atoms with Gasteiger partial charge in [-0.1, -0.05) is 32.8 Å². The minimum atomic E-state index is -0.644. The van der Waals surface area contributed by atoms with Crippen LogP contribution in [0.1, 0.15) is 53.9 Å². The molecule has 0 unspecified atom stereocenters. The molecule has 0 heterocycles. The second-order valence-corrected chi connectivity index (χ2v) is 6.23. The summed E-state index contributed by atoms with van der Waals surface area (Å²) in [6.45, 7) is 11.7. The Morgan fingerprint density at radius 1 is 1.29 bits per heavy atom. The van der Waals surface area contributed by atoms with E-state index in [0.717, 1.165) is 12.8 Å². The number of hydrogen-bond donors (Lipinski definition) is 1. The summed E-state index contributed by atoms with van der Waals surface area (Å²) in [5.41, 5.74) is 7.64. The van der Waals surface area contributed by atoms with E-state index in [2.05, 4.69) is 43.0 Å². The van der Waals surface area contributed by atoms with Crippen LogP contribution >= 0.6 is 0 Å². The molecule has 0 aromatic rings. The van der Waals surface area contributed by atoms with Crippen LogP contribution in [0.15, 0.2) is 5.11 Å². The van der Waals surface area contributed by atoms with Gasteiger partial charge in [0.05, 0.1) is 6.61 Å². The van der Waals surface area contributed by atoms with Gasteiger partial charge in [-0.2, -0.15) is 0 Å². The van der Waals surface area contributed by atoms with E-state index in [1.165, 1.54) is 0 Å². The molecule has 0 bridgehead atoms. The highest BCUT2D eigenvalue weighted by molar-refractivity contribution is 5.81. The molecular weight excluding hydrogens is 268 g/mol. The molecule has 0 saturated carbocycles. The zero-order valence-corrected chi connectivity index (χ0v) is 14.1. The lowest BCUT2D eigenvalue weighted by atomic mass is 9.81. The topological polar surface area (TPSA) is 87.1 Å². The standard InChI is InChI=1S/C15H30N4O2/c1-6-21-14(20)15(10-12(2)3,11-13(4)5)17-8-7-9-18-19-16/h12-13,17H,6-11H2,1-5H3. The van der Waals surface area contributed by atoms with E-state index in [1.807, 2.05) is 6.92 Å². The van der Waals surface area contributed by atoms with E-state index in [1.54, 1.807) is 0 Å². The van der Waals surface area contributed by atoms with Crippen molar-refractivity contribution in [2.45, 2.75) is 59.4 Å². The maximum atomic E-state index is 12.5. The molecule has 0 saturated heterocycles. The first-order chi connectivity index (χ1) is 9.88. The van der Waals surface area contributed by atoms with Crippen LogP contribution in [0, 0.1) is 11.8 Å². The van der Waals surface area contributed by atoms with Gasteiger partial charge in [-0.15, -0.1) is 0 Å². The molecule has 0 radical (unpaired) electrons. The summed E-state index contributed by atoms with van der Waals surface area (Å²) < 4.78 is 5.30. The van der Waals surface area contributed by atoms with Crippen LogP contribution in [-0.4, -0.2) is 31.2 Å². The number of ether oxygens (including phenoxy) is 1. The predicted molar refractivity (Wildman–Crippen MR) is 84.9 cm³/mol. The predicted octanol–water partition coefficient (Wildman–Crippen LogP) is 3.67. The molecule has 6 heteroatoms. The van der Waals surface area contributed by atoms with Crippen molar-refractivity contribution in [3.05, 3.63) is 10.4 Å². The summed E-state index contributed by atoms with van der Waals surface area (Å²) in [4.78, 5) is 15.2. The molecule has 6 nitrogen and oxygen atoms in total. The van der Waals surface area contributed by atoms with Crippen molar-refractivity contribution in [3.63, 3.8) is 0 Å². The summed E-state index contributed by atoms with van der Waals surface area (Å²) in [7, 11) is 0. The molecule has 0 aliphatic carbocycles. The van der Waals surface area contributed by atoms with Crippen molar-refractivity contribution in [1.82, 2.24) is 5.32 Å². The molecule has 0 fully saturated rings. The lowest BCUT2D eigenvalue weighted by Crippen LogP contribution is -2.55. The number of carbonyl (C=O) groups is 1. The maximum Gasteiger partial charge on any atom is 0.326 e. The SMILES string of the molecule is CCOC(=O)C(CC(C)C)(CC(C)C)NCCCN=[N+]=[N-]. The highest BCUT2D eigenvalue weighted by atomic mass is 16.5. The zero-order chi connectivity index (χ0) is 16.3. The number of carbonyl (C=O) groups excluding carboxylic acids is 1. The van der Waals surface area contributed by atoms with Crippen molar-refractivity contribution in [3.8, 4) is 0 Å². The van der Waals surface area contributed by atoms with E-state index < -0.39 is 5.54 Å². The summed E-state index contributed by atoms with van der Waals surface area (Å²) in [6, 6.07) is 0. The first kappa shape index (κ1) is 19.7. The molecule has 0 aromatic carbocycles. The van der Waals surface area contributed by atoms with Crippen LogP contribution in [0.5, 0.6) is 0 Å². The largest absolute Gasteiger partial charge is 0.465 e. The molecule has 0 spiro atoms. The van der Waals surface area contributed by atoms with Gasteiger partial charge in [0.15, 0.2) is 0 Å². The molecule has 0 aliphatic rings. The van der Waals surface area contributed by atoms with Gasteiger partial charge >= 0.3 is 5.97 Å². The Balaban J connectivity index is 4.96. The Bertz CT molecular complexity index is 340. The third kappa shape index (κ3) is 7.93. The second-order valence-electron chi connectivity index (χ2n) is 6.23. The Morgan fingerprint density at radius 2 is 1.86 bits per heavy atom. The zero-order valence-electron chi connectivity index (χ0n) is 14.1. The third-order valence-electron chi connectivity index (χ3n) is 3.14. The van der Waals surface area contributed by atoms with E-state index in [9.17, 15) is 4.79 Å². The van der Waals surface area contributed by atoms with Gasteiger partial charge in [-0.05, 0) is 50.1 Å². The minimum Gasteiger partial charge on any atom is -0.465 e. The fourth-order valence-corrected chi connectivity index (χ4v) is 2.65. The summed E-state index contributed by atoms with van der Waals surface area (Å²) in [5, 5.41) is 6.90. The third-order valence-corrected chi connectivity index (χ3v) is 3.14. The van der Waals surface area contributed by atoms with Crippen molar-refractivity contribution in [2.24, 2.45) is 17.0 Å². The van der Waals surface area contributed by atoms with Gasteiger partial charge in [0, 0.05) is 11.5 Å². The quantitative estimate of drug-likeness (QED) is 0.207. The molecular formula is C15H30N4O2. The monoisotopic (exact) mass is 298 g/mol. The van der Waals surface area contributed by atoms with Crippen LogP contribution in [0.25, 0.3) is 10.4 Å². The fraction of sp³-hybridized carbons (Fsp3) is 0.933. The smallest absolute Gasteiger partial charge is 0.326 e. The number of nitrogens with one attached hydrogen (secondary N) is 1. The Labute approximate surface area is 128 Å². The lowest BCUT2D eigenvalue weighted by molar-refractivity contribution is -0.153. The van der Waals surface area contributed by atoms with Crippen LogP contribution < -0.4 is 5.32 Å². The van der Waals surface area contributed by atoms with Gasteiger partial charge in [0.25, 0.3) is 0 Å². The van der Waals surface area contributed by atoms with Crippen LogP contribution in [0.2, 0.25) is 0 Å². The second kappa shape index (κ2) is 10.5. The summed E-state index contributed by atoms with van der Waals surface area (Å²) in [5.74, 6) is 0.603. The number of esters is 1. The van der Waals surface area contributed by atoms with Crippen LogP contribution in [0.4, 0.5) is 0 Å². The minimum absolute atomic E-state index is 0.170. The van der Waals surface area contributed by atoms with Gasteiger partial charge < -0.3 is 10.1 Å². The van der Waals surface area contributed by atoms with Gasteiger partial charge in [0.1, 0.15) is 5.54 Å². The van der Waals surface area contributed by atoms with E-state index >= 15 is 0 Å². The molecule has 122 valence electrons. The van der Waals surface area contributed by atoms with E-state index in [4.69, 9.17) is 10.3 Å². The highest BCUT2D eigenvalue weighted by Crippen LogP contribution is 2.27. The Morgan fingerprint density at radius 3 is 2.29 bits per heavy atom. The van der Waals surface area contributed by atoms with Crippen LogP contribution in [0.3, 0.4) is 0 Å². The van der Waals surface area contributed by atoms with E-state index in [-0.39, 0.29) is 5.97 Å². The molecule has 0 atom stereocenters. The number of hydrogen-bond acceptors (Lipinski definition) is 4. The highest BCUT2D eigenvalue weighted by Gasteiger charge is 2.40. The number of rotatable bonds is 11. The normalized spacial score (nSPS) is 11.6. The summed E-state index contributed by atoms with van der Waals surface area (Å²) in [6.07, 6.45) is 2.19. The molecule has 0 aromatic heterocycles. The van der Waals surface area contributed by atoms with Gasteiger partial charge in [0.2, 0.25) is 0 Å². The Kier molecular flexibility index (Phi) is 9.84. The fourth-order valence-electron chi connectivity index (χ4n) is 2.65. The first-order valence-corrected chi connectivity index (χ1v) is 7.81. The van der Waals surface area contributed by atoms with Crippen molar-refractivity contribution >= 4 is 5.97 Å². The molecule has 1 N–H and O–H groups in total. The average Bonchev–Trinajstić information content (AvgIpc) is 2.37. The van der Waals surface area contributed by atoms with Crippen molar-refractivity contribution < 1.29 is 9.53 Å². The molecule has 0 rings (SSSR count). The molecule has 0 aliphatic heterocycles. The number of nitrogens with zero attached hydrogens (tertiary/aromatic N) is 3. The van der Waals surface area contributed by atoms with Gasteiger partial charge in [-0.3, -0.25) is 4.79 Å². The van der Waals surface area contributed by atoms with Crippen molar-refractivity contribution in [2.75, 3.05) is 19.7 Å². The first-order valence-electron chi connectivity index (χ1n) is 7.81.